The van der Waals surface area contributed by atoms with Crippen molar-refractivity contribution in [3.63, 3.8) is 0 Å². The van der Waals surface area contributed by atoms with E-state index in [1.165, 1.54) is 10.4 Å². The smallest absolute Gasteiger partial charge is 0.317 e. The van der Waals surface area contributed by atoms with Gasteiger partial charge in [0.2, 0.25) is 5.89 Å². The van der Waals surface area contributed by atoms with Gasteiger partial charge in [0.25, 0.3) is 0 Å². The van der Waals surface area contributed by atoms with Crippen LogP contribution in [0.5, 0.6) is 0 Å². The molecule has 6 nitrogen and oxygen atoms in total. The summed E-state index contributed by atoms with van der Waals surface area (Å²) in [5.41, 5.74) is 1.21. The van der Waals surface area contributed by atoms with Crippen molar-refractivity contribution in [2.75, 3.05) is 7.05 Å². The minimum atomic E-state index is -0.138. The molecule has 7 heteroatoms. The van der Waals surface area contributed by atoms with Crippen molar-refractivity contribution in [2.45, 2.75) is 38.8 Å². The van der Waals surface area contributed by atoms with E-state index in [0.29, 0.717) is 30.7 Å². The second kappa shape index (κ2) is 5.85. The lowest BCUT2D eigenvalue weighted by molar-refractivity contribution is 0.206. The third-order valence-corrected chi connectivity index (χ3v) is 4.51. The van der Waals surface area contributed by atoms with Crippen LogP contribution in [-0.2, 0) is 13.1 Å². The SMILES string of the molecule is Cc1ccsc1CN(C)C(=O)NCc1noc(C2CC2)n1. The molecule has 0 aliphatic heterocycles. The van der Waals surface area contributed by atoms with Crippen LogP contribution in [0.15, 0.2) is 16.0 Å². The van der Waals surface area contributed by atoms with Crippen LogP contribution in [0.4, 0.5) is 4.79 Å². The lowest BCUT2D eigenvalue weighted by Crippen LogP contribution is -2.36. The van der Waals surface area contributed by atoms with Gasteiger partial charge >= 0.3 is 6.03 Å². The van der Waals surface area contributed by atoms with Gasteiger partial charge in [0, 0.05) is 17.8 Å². The maximum absolute atomic E-state index is 12.0. The molecule has 3 rings (SSSR count). The summed E-state index contributed by atoms with van der Waals surface area (Å²) in [6, 6.07) is 1.92. The number of carbonyl (C=O) groups is 1. The van der Waals surface area contributed by atoms with E-state index < -0.39 is 0 Å². The van der Waals surface area contributed by atoms with Crippen molar-refractivity contribution in [1.29, 1.82) is 0 Å². The highest BCUT2D eigenvalue weighted by Gasteiger charge is 2.29. The van der Waals surface area contributed by atoms with E-state index in [9.17, 15) is 4.79 Å². The topological polar surface area (TPSA) is 71.3 Å². The summed E-state index contributed by atoms with van der Waals surface area (Å²) >= 11 is 1.66. The Hall–Kier alpha value is -1.89. The van der Waals surface area contributed by atoms with Gasteiger partial charge in [0.15, 0.2) is 5.82 Å². The highest BCUT2D eigenvalue weighted by molar-refractivity contribution is 7.10. The summed E-state index contributed by atoms with van der Waals surface area (Å²) in [6.45, 7) is 2.95. The maximum atomic E-state index is 12.0. The summed E-state index contributed by atoms with van der Waals surface area (Å²) in [6.07, 6.45) is 2.24. The number of hydrogen-bond donors (Lipinski definition) is 1. The zero-order valence-electron chi connectivity index (χ0n) is 12.1. The van der Waals surface area contributed by atoms with E-state index in [4.69, 9.17) is 4.52 Å². The third kappa shape index (κ3) is 3.41. The van der Waals surface area contributed by atoms with Gasteiger partial charge in [-0.3, -0.25) is 0 Å². The summed E-state index contributed by atoms with van der Waals surface area (Å²) in [5.74, 6) is 1.67. The number of hydrogen-bond acceptors (Lipinski definition) is 5. The van der Waals surface area contributed by atoms with Crippen molar-refractivity contribution >= 4 is 17.4 Å². The molecule has 0 bridgehead atoms. The average molecular weight is 306 g/mol. The first-order chi connectivity index (χ1) is 10.1. The highest BCUT2D eigenvalue weighted by atomic mass is 32.1. The minimum absolute atomic E-state index is 0.138. The standard InChI is InChI=1S/C14H18N4O2S/c1-9-5-6-21-11(9)8-18(2)14(19)15-7-12-16-13(20-17-12)10-3-4-10/h5-6,10H,3-4,7-8H2,1-2H3,(H,15,19). The molecule has 112 valence electrons. The Bertz CT molecular complexity index is 632. The molecule has 1 N–H and O–H groups in total. The number of nitrogens with zero attached hydrogens (tertiary/aromatic N) is 3. The molecule has 2 aromatic rings. The molecule has 0 spiro atoms. The van der Waals surface area contributed by atoms with Crippen molar-refractivity contribution < 1.29 is 9.32 Å². The van der Waals surface area contributed by atoms with Crippen LogP contribution in [0.2, 0.25) is 0 Å². The fourth-order valence-electron chi connectivity index (χ4n) is 1.98. The van der Waals surface area contributed by atoms with Gasteiger partial charge in [-0.1, -0.05) is 5.16 Å². The Kier molecular flexibility index (Phi) is 3.92. The molecule has 1 fully saturated rings. The van der Waals surface area contributed by atoms with E-state index in [2.05, 4.69) is 28.4 Å². The molecule has 1 saturated carbocycles. The predicted octanol–water partition coefficient (Wildman–Crippen LogP) is 2.66. The van der Waals surface area contributed by atoms with Crippen LogP contribution in [0.3, 0.4) is 0 Å². The van der Waals surface area contributed by atoms with E-state index in [1.807, 2.05) is 5.38 Å². The first-order valence-corrected chi connectivity index (χ1v) is 7.86. The largest absolute Gasteiger partial charge is 0.339 e. The number of amides is 2. The zero-order chi connectivity index (χ0) is 14.8. The number of urea groups is 1. The molecule has 0 atom stereocenters. The summed E-state index contributed by atoms with van der Waals surface area (Å²) in [5, 5.41) is 8.73. The zero-order valence-corrected chi connectivity index (χ0v) is 12.9. The fourth-order valence-corrected chi connectivity index (χ4v) is 2.94. The lowest BCUT2D eigenvalue weighted by Gasteiger charge is -2.17. The molecule has 0 unspecified atom stereocenters. The Morgan fingerprint density at radius 2 is 2.38 bits per heavy atom. The van der Waals surface area contributed by atoms with Gasteiger partial charge in [-0.15, -0.1) is 11.3 Å². The second-order valence-corrected chi connectivity index (χ2v) is 6.37. The number of thiophene rings is 1. The normalized spacial score (nSPS) is 14.2. The number of rotatable bonds is 5. The predicted molar refractivity (Wildman–Crippen MR) is 79.0 cm³/mol. The number of carbonyl (C=O) groups excluding carboxylic acids is 1. The third-order valence-electron chi connectivity index (χ3n) is 3.50. The van der Waals surface area contributed by atoms with Gasteiger partial charge in [0.05, 0.1) is 13.1 Å². The van der Waals surface area contributed by atoms with Crippen molar-refractivity contribution in [1.82, 2.24) is 20.4 Å². The Labute approximate surface area is 127 Å². The molecule has 2 heterocycles. The van der Waals surface area contributed by atoms with Crippen molar-refractivity contribution in [2.24, 2.45) is 0 Å². The molecular formula is C14H18N4O2S. The summed E-state index contributed by atoms with van der Waals surface area (Å²) in [4.78, 5) is 19.2. The number of aryl methyl sites for hydroxylation is 1. The van der Waals surface area contributed by atoms with Crippen LogP contribution in [0, 0.1) is 6.92 Å². The highest BCUT2D eigenvalue weighted by Crippen LogP contribution is 2.38. The van der Waals surface area contributed by atoms with Crippen LogP contribution in [0.1, 0.15) is 40.9 Å². The van der Waals surface area contributed by atoms with E-state index in [-0.39, 0.29) is 6.03 Å². The maximum Gasteiger partial charge on any atom is 0.317 e. The molecule has 1 aliphatic carbocycles. The van der Waals surface area contributed by atoms with Crippen LogP contribution in [0.25, 0.3) is 0 Å². The van der Waals surface area contributed by atoms with E-state index >= 15 is 0 Å². The van der Waals surface area contributed by atoms with Gasteiger partial charge in [-0.05, 0) is 36.8 Å². The average Bonchev–Trinajstić information content (AvgIpc) is 3.09. The lowest BCUT2D eigenvalue weighted by atomic mass is 10.3. The van der Waals surface area contributed by atoms with Crippen LogP contribution < -0.4 is 5.32 Å². The van der Waals surface area contributed by atoms with Gasteiger partial charge in [0.1, 0.15) is 0 Å². The molecule has 21 heavy (non-hydrogen) atoms. The first-order valence-electron chi connectivity index (χ1n) is 6.98. The van der Waals surface area contributed by atoms with Crippen molar-refractivity contribution in [3.05, 3.63) is 33.6 Å². The summed E-state index contributed by atoms with van der Waals surface area (Å²) in [7, 11) is 1.78. The Morgan fingerprint density at radius 3 is 3.05 bits per heavy atom. The van der Waals surface area contributed by atoms with Gasteiger partial charge in [-0.2, -0.15) is 4.98 Å². The Morgan fingerprint density at radius 1 is 1.57 bits per heavy atom. The number of aromatic nitrogens is 2. The molecule has 0 saturated heterocycles. The van der Waals surface area contributed by atoms with E-state index in [0.717, 1.165) is 12.8 Å². The molecular weight excluding hydrogens is 288 g/mol. The fraction of sp³-hybridized carbons (Fsp3) is 0.500. The van der Waals surface area contributed by atoms with Crippen molar-refractivity contribution in [3.8, 4) is 0 Å². The number of nitrogens with one attached hydrogen (secondary N) is 1. The summed E-state index contributed by atoms with van der Waals surface area (Å²) < 4.78 is 5.16. The monoisotopic (exact) mass is 306 g/mol. The quantitative estimate of drug-likeness (QED) is 0.922. The molecule has 2 amide bonds. The van der Waals surface area contributed by atoms with Gasteiger partial charge < -0.3 is 14.7 Å². The molecule has 0 aromatic carbocycles. The van der Waals surface area contributed by atoms with Crippen LogP contribution >= 0.6 is 11.3 Å². The second-order valence-electron chi connectivity index (χ2n) is 5.36. The molecule has 1 aliphatic rings. The Balaban J connectivity index is 1.49. The molecule has 2 aromatic heterocycles. The van der Waals surface area contributed by atoms with E-state index in [1.54, 1.807) is 23.3 Å². The van der Waals surface area contributed by atoms with Gasteiger partial charge in [-0.25, -0.2) is 4.79 Å². The first kappa shape index (κ1) is 14.1. The minimum Gasteiger partial charge on any atom is -0.339 e. The van der Waals surface area contributed by atoms with Crippen LogP contribution in [-0.4, -0.2) is 28.1 Å². The molecule has 0 radical (unpaired) electrons.